The van der Waals surface area contributed by atoms with E-state index >= 15 is 0 Å². The molecule has 0 bridgehead atoms. The number of halogens is 3. The Morgan fingerprint density at radius 3 is 2.54 bits per heavy atom. The summed E-state index contributed by atoms with van der Waals surface area (Å²) in [6, 6.07) is 9.73. The van der Waals surface area contributed by atoms with Gasteiger partial charge >= 0.3 is 0 Å². The molecule has 1 aliphatic rings. The van der Waals surface area contributed by atoms with Gasteiger partial charge in [0.1, 0.15) is 11.5 Å². The number of aromatic hydroxyl groups is 1. The van der Waals surface area contributed by atoms with Crippen molar-refractivity contribution in [2.75, 3.05) is 30.8 Å². The van der Waals surface area contributed by atoms with Gasteiger partial charge in [0.15, 0.2) is 23.0 Å². The number of nitrogens with zero attached hydrogens (tertiary/aromatic N) is 6. The molecule has 4 aromatic rings. The van der Waals surface area contributed by atoms with Gasteiger partial charge in [-0.2, -0.15) is 14.4 Å². The standard InChI is InChI=1S/C24H23F3N6O3S/c1-31-23-16(21(30-31)19-17(25)11-18(26)22(34)20(19)27)12-28-24(29-23)33-9-8-32(37(2,35)36)13-15(33)10-14-6-4-3-5-7-14/h3-7,11-12,15,34H,8-10,13H2,1-2H3/t15-/m1/s1. The van der Waals surface area contributed by atoms with E-state index in [4.69, 9.17) is 0 Å². The Kier molecular flexibility index (Phi) is 6.28. The van der Waals surface area contributed by atoms with Gasteiger partial charge in [-0.25, -0.2) is 31.3 Å². The molecule has 1 fully saturated rings. The van der Waals surface area contributed by atoms with Crippen LogP contribution < -0.4 is 4.90 Å². The van der Waals surface area contributed by atoms with Crippen molar-refractivity contribution in [2.24, 2.45) is 7.05 Å². The zero-order valence-corrected chi connectivity index (χ0v) is 20.8. The van der Waals surface area contributed by atoms with Crippen molar-refractivity contribution in [1.82, 2.24) is 24.1 Å². The number of aromatic nitrogens is 4. The molecule has 1 aliphatic heterocycles. The number of hydrogen-bond donors (Lipinski definition) is 1. The first-order chi connectivity index (χ1) is 17.5. The molecular formula is C24H23F3N6O3S. The number of sulfonamides is 1. The van der Waals surface area contributed by atoms with Crippen molar-refractivity contribution in [3.8, 4) is 17.0 Å². The molecule has 0 spiro atoms. The number of phenolic OH excluding ortho intramolecular Hbond substituents is 1. The van der Waals surface area contributed by atoms with Gasteiger partial charge in [0.25, 0.3) is 0 Å². The molecule has 1 saturated heterocycles. The summed E-state index contributed by atoms with van der Waals surface area (Å²) in [5.74, 6) is -5.12. The predicted octanol–water partition coefficient (Wildman–Crippen LogP) is 2.85. The molecule has 2 aromatic carbocycles. The first-order valence-corrected chi connectivity index (χ1v) is 13.2. The van der Waals surface area contributed by atoms with Gasteiger partial charge < -0.3 is 10.0 Å². The molecule has 0 unspecified atom stereocenters. The first kappa shape index (κ1) is 25.0. The first-order valence-electron chi connectivity index (χ1n) is 11.4. The topological polar surface area (TPSA) is 104 Å². The Labute approximate surface area is 210 Å². The monoisotopic (exact) mass is 532 g/mol. The molecular weight excluding hydrogens is 509 g/mol. The number of fused-ring (bicyclic) bond motifs is 1. The molecule has 5 rings (SSSR count). The molecule has 13 heteroatoms. The van der Waals surface area contributed by atoms with Crippen molar-refractivity contribution >= 4 is 27.0 Å². The number of benzene rings is 2. The number of hydrogen-bond acceptors (Lipinski definition) is 7. The molecule has 0 saturated carbocycles. The van der Waals surface area contributed by atoms with Crippen molar-refractivity contribution < 1.29 is 26.7 Å². The van der Waals surface area contributed by atoms with Crippen molar-refractivity contribution in [3.05, 3.63) is 65.6 Å². The Morgan fingerprint density at radius 2 is 1.84 bits per heavy atom. The lowest BCUT2D eigenvalue weighted by Gasteiger charge is -2.40. The van der Waals surface area contributed by atoms with Crippen molar-refractivity contribution in [1.29, 1.82) is 0 Å². The van der Waals surface area contributed by atoms with E-state index in [1.165, 1.54) is 28.5 Å². The van der Waals surface area contributed by atoms with E-state index in [2.05, 4.69) is 15.1 Å². The average molecular weight is 533 g/mol. The lowest BCUT2D eigenvalue weighted by atomic mass is 10.0. The number of aryl methyl sites for hydroxylation is 1. The Hall–Kier alpha value is -3.71. The second-order valence-corrected chi connectivity index (χ2v) is 10.9. The maximum atomic E-state index is 14.6. The summed E-state index contributed by atoms with van der Waals surface area (Å²) in [6.45, 7) is 0.806. The average Bonchev–Trinajstić information content (AvgIpc) is 3.18. The third kappa shape index (κ3) is 4.60. The molecule has 0 amide bonds. The van der Waals surface area contributed by atoms with Gasteiger partial charge in [-0.1, -0.05) is 30.3 Å². The highest BCUT2D eigenvalue weighted by Gasteiger charge is 2.33. The largest absolute Gasteiger partial charge is 0.503 e. The van der Waals surface area contributed by atoms with E-state index in [-0.39, 0.29) is 35.9 Å². The van der Waals surface area contributed by atoms with E-state index < -0.39 is 38.8 Å². The van der Waals surface area contributed by atoms with Crippen LogP contribution >= 0.6 is 0 Å². The fraction of sp³-hybridized carbons (Fsp3) is 0.292. The molecule has 37 heavy (non-hydrogen) atoms. The van der Waals surface area contributed by atoms with Crippen LogP contribution in [-0.4, -0.2) is 69.5 Å². The highest BCUT2D eigenvalue weighted by molar-refractivity contribution is 7.88. The van der Waals surface area contributed by atoms with Gasteiger partial charge in [0.2, 0.25) is 16.0 Å². The van der Waals surface area contributed by atoms with Crippen LogP contribution in [0.2, 0.25) is 0 Å². The Balaban J connectivity index is 1.56. The molecule has 0 radical (unpaired) electrons. The molecule has 9 nitrogen and oxygen atoms in total. The lowest BCUT2D eigenvalue weighted by Crippen LogP contribution is -2.56. The maximum Gasteiger partial charge on any atom is 0.227 e. The third-order valence-electron chi connectivity index (χ3n) is 6.44. The normalized spacial score (nSPS) is 17.0. The lowest BCUT2D eigenvalue weighted by molar-refractivity contribution is 0.330. The molecule has 0 aliphatic carbocycles. The fourth-order valence-corrected chi connectivity index (χ4v) is 5.46. The van der Waals surface area contributed by atoms with Gasteiger partial charge in [-0.15, -0.1) is 0 Å². The zero-order valence-electron chi connectivity index (χ0n) is 19.9. The maximum absolute atomic E-state index is 14.6. The third-order valence-corrected chi connectivity index (χ3v) is 7.71. The summed E-state index contributed by atoms with van der Waals surface area (Å²) in [5.41, 5.74) is 0.395. The van der Waals surface area contributed by atoms with Crippen molar-refractivity contribution in [3.63, 3.8) is 0 Å². The molecule has 3 heterocycles. The Morgan fingerprint density at radius 1 is 1.11 bits per heavy atom. The predicted molar refractivity (Wildman–Crippen MR) is 131 cm³/mol. The van der Waals surface area contributed by atoms with E-state index in [0.29, 0.717) is 25.0 Å². The smallest absolute Gasteiger partial charge is 0.227 e. The van der Waals surface area contributed by atoms with E-state index in [0.717, 1.165) is 5.56 Å². The van der Waals surface area contributed by atoms with Crippen LogP contribution in [-0.2, 0) is 23.5 Å². The summed E-state index contributed by atoms with van der Waals surface area (Å²) < 4.78 is 70.0. The zero-order chi connectivity index (χ0) is 26.5. The summed E-state index contributed by atoms with van der Waals surface area (Å²) in [5, 5.41) is 14.0. The number of piperazine rings is 1. The van der Waals surface area contributed by atoms with Crippen LogP contribution in [0.4, 0.5) is 19.1 Å². The SMILES string of the molecule is Cn1nc(-c2c(F)cc(F)c(O)c2F)c2cnc(N3CCN(S(C)(=O)=O)C[C@H]3Cc3ccccc3)nc21. The van der Waals surface area contributed by atoms with Gasteiger partial charge in [-0.05, 0) is 12.0 Å². The highest BCUT2D eigenvalue weighted by Crippen LogP contribution is 2.36. The number of rotatable bonds is 5. The van der Waals surface area contributed by atoms with Gasteiger partial charge in [-0.3, -0.25) is 0 Å². The van der Waals surface area contributed by atoms with Crippen LogP contribution in [0.1, 0.15) is 5.56 Å². The molecule has 1 N–H and O–H groups in total. The molecule has 1 atom stereocenters. The summed E-state index contributed by atoms with van der Waals surface area (Å²) in [7, 11) is -1.87. The van der Waals surface area contributed by atoms with Crippen molar-refractivity contribution in [2.45, 2.75) is 12.5 Å². The highest BCUT2D eigenvalue weighted by atomic mass is 32.2. The summed E-state index contributed by atoms with van der Waals surface area (Å²) >= 11 is 0. The molecule has 2 aromatic heterocycles. The number of phenols is 1. The molecule has 194 valence electrons. The number of anilines is 1. The van der Waals surface area contributed by atoms with Crippen LogP contribution in [0, 0.1) is 17.5 Å². The second kappa shape index (κ2) is 9.30. The van der Waals surface area contributed by atoms with Crippen LogP contribution in [0.5, 0.6) is 5.75 Å². The minimum atomic E-state index is -3.41. The quantitative estimate of drug-likeness (QED) is 0.422. The second-order valence-electron chi connectivity index (χ2n) is 8.92. The van der Waals surface area contributed by atoms with Gasteiger partial charge in [0, 0.05) is 45.0 Å². The van der Waals surface area contributed by atoms with E-state index in [9.17, 15) is 26.7 Å². The minimum absolute atomic E-state index is 0.183. The van der Waals surface area contributed by atoms with Crippen LogP contribution in [0.15, 0.2) is 42.6 Å². The minimum Gasteiger partial charge on any atom is -0.503 e. The van der Waals surface area contributed by atoms with E-state index in [1.54, 1.807) is 0 Å². The van der Waals surface area contributed by atoms with E-state index in [1.807, 2.05) is 35.2 Å². The summed E-state index contributed by atoms with van der Waals surface area (Å²) in [6.07, 6.45) is 3.07. The van der Waals surface area contributed by atoms with Gasteiger partial charge in [0.05, 0.1) is 17.2 Å². The van der Waals surface area contributed by atoms with Crippen LogP contribution in [0.3, 0.4) is 0 Å². The summed E-state index contributed by atoms with van der Waals surface area (Å²) in [4.78, 5) is 10.9. The Bertz CT molecular complexity index is 1600. The fourth-order valence-electron chi connectivity index (χ4n) is 4.60. The van der Waals surface area contributed by atoms with Crippen LogP contribution in [0.25, 0.3) is 22.3 Å².